The van der Waals surface area contributed by atoms with Gasteiger partial charge < -0.3 is 15.2 Å². The summed E-state index contributed by atoms with van der Waals surface area (Å²) in [5, 5.41) is 12.7. The van der Waals surface area contributed by atoms with Gasteiger partial charge in [-0.2, -0.15) is 0 Å². The molecule has 0 saturated carbocycles. The molecule has 0 heterocycles. The van der Waals surface area contributed by atoms with E-state index in [1.54, 1.807) is 43.3 Å². The van der Waals surface area contributed by atoms with Gasteiger partial charge in [0.25, 0.3) is 0 Å². The number of hydrogen-bond donors (Lipinski definition) is 2. The van der Waals surface area contributed by atoms with Crippen LogP contribution in [0.1, 0.15) is 53.0 Å². The molecule has 2 rings (SSSR count). The summed E-state index contributed by atoms with van der Waals surface area (Å²) in [7, 11) is 0. The highest BCUT2D eigenvalue weighted by Crippen LogP contribution is 2.23. The van der Waals surface area contributed by atoms with Crippen LogP contribution in [-0.4, -0.2) is 28.9 Å². The summed E-state index contributed by atoms with van der Waals surface area (Å²) in [6, 6.07) is 11.1. The highest BCUT2D eigenvalue weighted by atomic mass is 16.5. The van der Waals surface area contributed by atoms with Crippen LogP contribution < -0.4 is 5.32 Å². The SMILES string of the molecule is CCCC(=O)Nc1ccc(C(=O)[C@H](C)OC(=O)c2cccc(C)c2O)cc1. The minimum atomic E-state index is -1.02. The Balaban J connectivity index is 2.03. The van der Waals surface area contributed by atoms with Crippen molar-refractivity contribution in [2.75, 3.05) is 5.32 Å². The van der Waals surface area contributed by atoms with E-state index in [1.165, 1.54) is 13.0 Å². The number of Topliss-reactive ketones (excluding diaryl/α,β-unsaturated/α-hetero) is 1. The van der Waals surface area contributed by atoms with Crippen molar-refractivity contribution < 1.29 is 24.2 Å². The van der Waals surface area contributed by atoms with E-state index in [4.69, 9.17) is 4.74 Å². The minimum Gasteiger partial charge on any atom is -0.507 e. The molecule has 1 amide bonds. The second kappa shape index (κ2) is 8.98. The first-order chi connectivity index (χ1) is 12.8. The summed E-state index contributed by atoms with van der Waals surface area (Å²) in [5.41, 5.74) is 1.52. The number of hydrogen-bond acceptors (Lipinski definition) is 5. The molecule has 0 aliphatic carbocycles. The van der Waals surface area contributed by atoms with E-state index in [9.17, 15) is 19.5 Å². The summed E-state index contributed by atoms with van der Waals surface area (Å²) >= 11 is 0. The van der Waals surface area contributed by atoms with Gasteiger partial charge in [-0.05, 0) is 56.2 Å². The third kappa shape index (κ3) is 5.17. The zero-order valence-corrected chi connectivity index (χ0v) is 15.6. The van der Waals surface area contributed by atoms with Crippen molar-refractivity contribution in [1.29, 1.82) is 0 Å². The molecule has 27 heavy (non-hydrogen) atoms. The smallest absolute Gasteiger partial charge is 0.342 e. The molecule has 2 aromatic rings. The van der Waals surface area contributed by atoms with Crippen LogP contribution in [0, 0.1) is 6.92 Å². The van der Waals surface area contributed by atoms with Gasteiger partial charge in [0.2, 0.25) is 11.7 Å². The van der Waals surface area contributed by atoms with Gasteiger partial charge in [-0.1, -0.05) is 19.1 Å². The number of rotatable bonds is 7. The zero-order valence-electron chi connectivity index (χ0n) is 15.6. The fourth-order valence-electron chi connectivity index (χ4n) is 2.50. The van der Waals surface area contributed by atoms with Crippen LogP contribution >= 0.6 is 0 Å². The molecule has 0 fully saturated rings. The number of ether oxygens (including phenoxy) is 1. The Morgan fingerprint density at radius 3 is 2.41 bits per heavy atom. The lowest BCUT2D eigenvalue weighted by Crippen LogP contribution is -2.24. The molecule has 2 N–H and O–H groups in total. The molecular weight excluding hydrogens is 346 g/mol. The van der Waals surface area contributed by atoms with Gasteiger partial charge >= 0.3 is 5.97 Å². The summed E-state index contributed by atoms with van der Waals surface area (Å²) < 4.78 is 5.20. The maximum Gasteiger partial charge on any atom is 0.342 e. The summed E-state index contributed by atoms with van der Waals surface area (Å²) in [5.74, 6) is -1.38. The van der Waals surface area contributed by atoms with Crippen molar-refractivity contribution in [1.82, 2.24) is 0 Å². The molecule has 142 valence electrons. The number of esters is 1. The normalized spacial score (nSPS) is 11.5. The lowest BCUT2D eigenvalue weighted by molar-refractivity contribution is -0.116. The predicted octanol–water partition coefficient (Wildman–Crippen LogP) is 3.87. The van der Waals surface area contributed by atoms with Crippen LogP contribution in [-0.2, 0) is 9.53 Å². The first-order valence-electron chi connectivity index (χ1n) is 8.77. The van der Waals surface area contributed by atoms with Gasteiger partial charge in [-0.25, -0.2) is 4.79 Å². The third-order valence-electron chi connectivity index (χ3n) is 4.04. The molecule has 0 aliphatic heterocycles. The number of nitrogens with one attached hydrogen (secondary N) is 1. The van der Waals surface area contributed by atoms with Crippen molar-refractivity contribution in [2.45, 2.75) is 39.7 Å². The monoisotopic (exact) mass is 369 g/mol. The molecule has 0 spiro atoms. The zero-order chi connectivity index (χ0) is 20.0. The number of aryl methyl sites for hydroxylation is 1. The lowest BCUT2D eigenvalue weighted by atomic mass is 10.1. The molecule has 0 bridgehead atoms. The fraction of sp³-hybridized carbons (Fsp3) is 0.286. The Morgan fingerprint density at radius 1 is 1.11 bits per heavy atom. The van der Waals surface area contributed by atoms with E-state index in [1.807, 2.05) is 6.92 Å². The quantitative estimate of drug-likeness (QED) is 0.571. The van der Waals surface area contributed by atoms with Gasteiger partial charge in [0.1, 0.15) is 11.3 Å². The number of phenols is 1. The third-order valence-corrected chi connectivity index (χ3v) is 4.04. The Morgan fingerprint density at radius 2 is 1.78 bits per heavy atom. The maximum absolute atomic E-state index is 12.5. The number of aromatic hydroxyl groups is 1. The first kappa shape index (κ1) is 20.2. The van der Waals surface area contributed by atoms with Crippen molar-refractivity contribution in [2.24, 2.45) is 0 Å². The Hall–Kier alpha value is -3.15. The topological polar surface area (TPSA) is 92.7 Å². The summed E-state index contributed by atoms with van der Waals surface area (Å²) in [4.78, 5) is 36.3. The minimum absolute atomic E-state index is 0.0173. The molecule has 0 aromatic heterocycles. The molecule has 6 nitrogen and oxygen atoms in total. The Labute approximate surface area is 158 Å². The van der Waals surface area contributed by atoms with Crippen molar-refractivity contribution in [3.05, 3.63) is 59.2 Å². The van der Waals surface area contributed by atoms with E-state index < -0.39 is 12.1 Å². The maximum atomic E-state index is 12.5. The molecule has 1 atom stereocenters. The van der Waals surface area contributed by atoms with Crippen LogP contribution in [0.3, 0.4) is 0 Å². The van der Waals surface area contributed by atoms with E-state index in [0.717, 1.165) is 6.42 Å². The lowest BCUT2D eigenvalue weighted by Gasteiger charge is -2.14. The Bertz CT molecular complexity index is 842. The van der Waals surface area contributed by atoms with E-state index >= 15 is 0 Å². The number of amides is 1. The van der Waals surface area contributed by atoms with Crippen LogP contribution in [0.4, 0.5) is 5.69 Å². The van der Waals surface area contributed by atoms with Crippen LogP contribution in [0.5, 0.6) is 5.75 Å². The highest BCUT2D eigenvalue weighted by molar-refractivity contribution is 6.02. The number of phenolic OH excluding ortho intramolecular Hbond substituents is 1. The average Bonchev–Trinajstić information content (AvgIpc) is 2.64. The summed E-state index contributed by atoms with van der Waals surface area (Å²) in [6.45, 7) is 5.06. The second-order valence-corrected chi connectivity index (χ2v) is 6.26. The highest BCUT2D eigenvalue weighted by Gasteiger charge is 2.22. The van der Waals surface area contributed by atoms with Gasteiger partial charge in [-0.15, -0.1) is 0 Å². The predicted molar refractivity (Wildman–Crippen MR) is 102 cm³/mol. The number of carbonyl (C=O) groups excluding carboxylic acids is 3. The van der Waals surface area contributed by atoms with Gasteiger partial charge in [0.05, 0.1) is 0 Å². The number of carbonyl (C=O) groups is 3. The Kier molecular flexibility index (Phi) is 6.71. The summed E-state index contributed by atoms with van der Waals surface area (Å²) in [6.07, 6.45) is 0.166. The van der Waals surface area contributed by atoms with E-state index in [0.29, 0.717) is 23.2 Å². The molecule has 0 unspecified atom stereocenters. The van der Waals surface area contributed by atoms with E-state index in [-0.39, 0.29) is 23.0 Å². The van der Waals surface area contributed by atoms with Crippen molar-refractivity contribution in [3.63, 3.8) is 0 Å². The average molecular weight is 369 g/mol. The largest absolute Gasteiger partial charge is 0.507 e. The molecule has 6 heteroatoms. The van der Waals surface area contributed by atoms with Crippen molar-refractivity contribution in [3.8, 4) is 5.75 Å². The second-order valence-electron chi connectivity index (χ2n) is 6.26. The first-order valence-corrected chi connectivity index (χ1v) is 8.77. The molecular formula is C21H23NO5. The standard InChI is InChI=1S/C21H23NO5/c1-4-6-18(23)22-16-11-9-15(10-12-16)20(25)14(3)27-21(26)17-8-5-7-13(2)19(17)24/h5,7-12,14,24H,4,6H2,1-3H3,(H,22,23)/t14-/m0/s1. The van der Waals surface area contributed by atoms with Crippen molar-refractivity contribution >= 4 is 23.3 Å². The number of benzene rings is 2. The van der Waals surface area contributed by atoms with Crippen LogP contribution in [0.2, 0.25) is 0 Å². The van der Waals surface area contributed by atoms with Crippen LogP contribution in [0.25, 0.3) is 0 Å². The van der Waals surface area contributed by atoms with E-state index in [2.05, 4.69) is 5.32 Å². The van der Waals surface area contributed by atoms with Gasteiger partial charge in [0, 0.05) is 17.7 Å². The molecule has 0 saturated heterocycles. The molecule has 0 radical (unpaired) electrons. The number of para-hydroxylation sites is 1. The molecule has 0 aliphatic rings. The fourth-order valence-corrected chi connectivity index (χ4v) is 2.50. The number of anilines is 1. The molecule has 2 aromatic carbocycles. The van der Waals surface area contributed by atoms with Crippen LogP contribution in [0.15, 0.2) is 42.5 Å². The van der Waals surface area contributed by atoms with Gasteiger partial charge in [-0.3, -0.25) is 9.59 Å². The number of ketones is 1. The van der Waals surface area contributed by atoms with Gasteiger partial charge in [0.15, 0.2) is 6.10 Å².